The Morgan fingerprint density at radius 2 is 1.82 bits per heavy atom. The molecule has 10 heteroatoms. The zero-order valence-corrected chi connectivity index (χ0v) is 21.8. The molecule has 1 saturated heterocycles. The number of anilines is 2. The Labute approximate surface area is 225 Å². The molecule has 39 heavy (non-hydrogen) atoms. The predicted octanol–water partition coefficient (Wildman–Crippen LogP) is 6.29. The minimum Gasteiger partial charge on any atom is -0.352 e. The minimum absolute atomic E-state index is 0.0148. The van der Waals surface area contributed by atoms with E-state index in [9.17, 15) is 22.4 Å². The van der Waals surface area contributed by atoms with E-state index in [1.54, 1.807) is 17.3 Å². The van der Waals surface area contributed by atoms with Gasteiger partial charge in [-0.15, -0.1) is 0 Å². The Kier molecular flexibility index (Phi) is 8.96. The van der Waals surface area contributed by atoms with Gasteiger partial charge < -0.3 is 15.1 Å². The summed E-state index contributed by atoms with van der Waals surface area (Å²) in [5, 5.41) is 2.99. The summed E-state index contributed by atoms with van der Waals surface area (Å²) in [5.41, 5.74) is 1.35. The van der Waals surface area contributed by atoms with E-state index in [0.29, 0.717) is 17.3 Å². The van der Waals surface area contributed by atoms with Crippen molar-refractivity contribution in [3.05, 3.63) is 89.8 Å². The number of likely N-dealkylation sites (tertiary alicyclic amines) is 1. The number of aromatic nitrogens is 2. The number of alkyl halides is 3. The van der Waals surface area contributed by atoms with E-state index in [1.807, 2.05) is 6.07 Å². The van der Waals surface area contributed by atoms with Gasteiger partial charge in [0.05, 0.1) is 29.3 Å². The molecular formula is C29H31F4N5O. The second kappa shape index (κ2) is 12.4. The van der Waals surface area contributed by atoms with Crippen molar-refractivity contribution in [2.24, 2.45) is 0 Å². The number of nitrogens with one attached hydrogen (secondary N) is 1. The highest BCUT2D eigenvalue weighted by Crippen LogP contribution is 2.29. The van der Waals surface area contributed by atoms with Crippen LogP contribution in [0.15, 0.2) is 67.3 Å². The Morgan fingerprint density at radius 1 is 1.10 bits per heavy atom. The summed E-state index contributed by atoms with van der Waals surface area (Å²) in [6.45, 7) is 6.29. The first-order valence-electron chi connectivity index (χ1n) is 12.8. The number of benzene rings is 1. The normalized spacial score (nSPS) is 15.2. The molecule has 206 valence electrons. The predicted molar refractivity (Wildman–Crippen MR) is 142 cm³/mol. The van der Waals surface area contributed by atoms with Crippen LogP contribution in [0, 0.1) is 5.82 Å². The van der Waals surface area contributed by atoms with Gasteiger partial charge in [-0.3, -0.25) is 14.8 Å². The van der Waals surface area contributed by atoms with E-state index in [4.69, 9.17) is 0 Å². The molecule has 0 unspecified atom stereocenters. The van der Waals surface area contributed by atoms with Crippen LogP contribution in [0.25, 0.3) is 6.08 Å². The quantitative estimate of drug-likeness (QED) is 0.268. The first-order valence-corrected chi connectivity index (χ1v) is 12.8. The van der Waals surface area contributed by atoms with E-state index in [1.165, 1.54) is 36.5 Å². The average molecular weight is 542 g/mol. The second-order valence-corrected chi connectivity index (χ2v) is 9.84. The summed E-state index contributed by atoms with van der Waals surface area (Å²) in [7, 11) is 0. The maximum atomic E-state index is 14.1. The second-order valence-electron chi connectivity index (χ2n) is 9.84. The molecule has 1 aliphatic rings. The van der Waals surface area contributed by atoms with Gasteiger partial charge in [0.15, 0.2) is 5.82 Å². The third kappa shape index (κ3) is 7.63. The average Bonchev–Trinajstić information content (AvgIpc) is 2.92. The van der Waals surface area contributed by atoms with Gasteiger partial charge >= 0.3 is 6.18 Å². The summed E-state index contributed by atoms with van der Waals surface area (Å²) in [6, 6.07) is 8.42. The van der Waals surface area contributed by atoms with E-state index in [0.717, 1.165) is 49.8 Å². The smallest absolute Gasteiger partial charge is 0.352 e. The van der Waals surface area contributed by atoms with Crippen LogP contribution in [0.1, 0.15) is 43.4 Å². The van der Waals surface area contributed by atoms with Gasteiger partial charge in [-0.25, -0.2) is 4.39 Å². The van der Waals surface area contributed by atoms with Crippen LogP contribution in [0.3, 0.4) is 0 Å². The molecule has 2 aromatic heterocycles. The minimum atomic E-state index is -4.42. The van der Waals surface area contributed by atoms with Crippen molar-refractivity contribution in [2.45, 2.75) is 51.5 Å². The lowest BCUT2D eigenvalue weighted by atomic mass is 10.0. The van der Waals surface area contributed by atoms with Gasteiger partial charge in [0, 0.05) is 50.2 Å². The zero-order chi connectivity index (χ0) is 28.0. The lowest BCUT2D eigenvalue weighted by Gasteiger charge is -2.39. The largest absolute Gasteiger partial charge is 0.416 e. The van der Waals surface area contributed by atoms with Crippen molar-refractivity contribution in [2.75, 3.05) is 18.4 Å². The number of hydrogen-bond acceptors (Lipinski definition) is 5. The number of pyridine rings is 2. The molecule has 0 aliphatic carbocycles. The fourth-order valence-electron chi connectivity index (χ4n) is 4.62. The van der Waals surface area contributed by atoms with Crippen molar-refractivity contribution in [3.63, 3.8) is 0 Å². The molecule has 6 nitrogen and oxygen atoms in total. The molecular weight excluding hydrogens is 510 g/mol. The van der Waals surface area contributed by atoms with E-state index in [-0.39, 0.29) is 24.2 Å². The first kappa shape index (κ1) is 28.2. The van der Waals surface area contributed by atoms with Crippen molar-refractivity contribution in [1.29, 1.82) is 0 Å². The van der Waals surface area contributed by atoms with Crippen LogP contribution in [0.5, 0.6) is 0 Å². The van der Waals surface area contributed by atoms with Crippen LogP contribution in [0.2, 0.25) is 0 Å². The number of halogens is 4. The molecule has 3 heterocycles. The molecule has 0 spiro atoms. The van der Waals surface area contributed by atoms with Crippen molar-refractivity contribution < 1.29 is 22.4 Å². The Morgan fingerprint density at radius 3 is 2.46 bits per heavy atom. The fraction of sp³-hybridized carbons (Fsp3) is 0.345. The molecule has 1 fully saturated rings. The first-order chi connectivity index (χ1) is 18.6. The zero-order valence-electron chi connectivity index (χ0n) is 21.8. The van der Waals surface area contributed by atoms with Crippen molar-refractivity contribution in [1.82, 2.24) is 19.8 Å². The van der Waals surface area contributed by atoms with Crippen LogP contribution in [-0.4, -0.2) is 50.8 Å². The monoisotopic (exact) mass is 541 g/mol. The van der Waals surface area contributed by atoms with Crippen LogP contribution >= 0.6 is 0 Å². The molecule has 0 radical (unpaired) electrons. The molecule has 1 aromatic carbocycles. The number of piperidine rings is 1. The highest BCUT2D eigenvalue weighted by Gasteiger charge is 2.30. The summed E-state index contributed by atoms with van der Waals surface area (Å²) < 4.78 is 52.7. The number of rotatable bonds is 8. The molecule has 4 rings (SSSR count). The van der Waals surface area contributed by atoms with Gasteiger partial charge in [-0.05, 0) is 68.2 Å². The summed E-state index contributed by atoms with van der Waals surface area (Å²) in [4.78, 5) is 25.6. The van der Waals surface area contributed by atoms with Gasteiger partial charge in [0.1, 0.15) is 0 Å². The highest BCUT2D eigenvalue weighted by molar-refractivity contribution is 5.92. The number of carbonyl (C=O) groups excluding carboxylic acids is 1. The van der Waals surface area contributed by atoms with Gasteiger partial charge in [-0.2, -0.15) is 13.2 Å². The fourth-order valence-corrected chi connectivity index (χ4v) is 4.62. The molecule has 1 aliphatic heterocycles. The molecule has 0 atom stereocenters. The van der Waals surface area contributed by atoms with E-state index < -0.39 is 17.6 Å². The summed E-state index contributed by atoms with van der Waals surface area (Å²) in [5.74, 6) is -0.735. The number of hydrogen-bond donors (Lipinski definition) is 1. The molecule has 0 bridgehead atoms. The van der Waals surface area contributed by atoms with E-state index in [2.05, 4.69) is 34.0 Å². The third-order valence-corrected chi connectivity index (χ3v) is 6.81. The van der Waals surface area contributed by atoms with Crippen LogP contribution in [0.4, 0.5) is 28.9 Å². The molecule has 0 saturated carbocycles. The number of amides is 1. The lowest BCUT2D eigenvalue weighted by molar-refractivity contribution is -0.137. The van der Waals surface area contributed by atoms with Crippen LogP contribution in [-0.2, 0) is 17.5 Å². The van der Waals surface area contributed by atoms with Crippen LogP contribution < -0.4 is 5.32 Å². The number of nitrogens with zero attached hydrogens (tertiary/aromatic N) is 4. The van der Waals surface area contributed by atoms with Gasteiger partial charge in [0.25, 0.3) is 0 Å². The lowest BCUT2D eigenvalue weighted by Crippen LogP contribution is -2.48. The third-order valence-electron chi connectivity index (χ3n) is 6.81. The maximum absolute atomic E-state index is 14.1. The molecule has 1 amide bonds. The summed E-state index contributed by atoms with van der Waals surface area (Å²) in [6.07, 6.45) is 5.94. The highest BCUT2D eigenvalue weighted by atomic mass is 19.4. The Bertz CT molecular complexity index is 1290. The maximum Gasteiger partial charge on any atom is 0.416 e. The van der Waals surface area contributed by atoms with E-state index >= 15 is 0 Å². The Hall–Kier alpha value is -3.79. The SMILES string of the molecule is CC(C)N1CCC(N(Cc2cncc(Nc3ccncc3F)c2)C(=O)C=Cc2ccc(C(F)(F)F)cc2)CC1. The topological polar surface area (TPSA) is 61.4 Å². The molecule has 3 aromatic rings. The van der Waals surface area contributed by atoms with Crippen molar-refractivity contribution >= 4 is 23.4 Å². The van der Waals surface area contributed by atoms with Gasteiger partial charge in [0.2, 0.25) is 5.91 Å². The van der Waals surface area contributed by atoms with Gasteiger partial charge in [-0.1, -0.05) is 12.1 Å². The molecule has 1 N–H and O–H groups in total. The Balaban J connectivity index is 1.53. The van der Waals surface area contributed by atoms with Crippen molar-refractivity contribution in [3.8, 4) is 0 Å². The number of carbonyl (C=O) groups is 1. The summed E-state index contributed by atoms with van der Waals surface area (Å²) >= 11 is 0. The standard InChI is InChI=1S/C29H31F4N5O/c1-20(2)37-13-10-25(11-14-37)38(28(39)8-5-21-3-6-23(7-4-21)29(31,32)33)19-22-15-24(17-35-16-22)36-27-9-12-34-18-26(27)30/h3-9,12,15-18,20,25H,10-11,13-14,19H2,1-2H3,(H,34,36).